The van der Waals surface area contributed by atoms with Crippen molar-refractivity contribution in [1.82, 2.24) is 20.0 Å². The number of methoxy groups -OCH3 is 1. The van der Waals surface area contributed by atoms with Crippen LogP contribution in [0.25, 0.3) is 0 Å². The Kier molecular flexibility index (Phi) is 12.7. The molecule has 236 valence electrons. The highest BCUT2D eigenvalue weighted by Crippen LogP contribution is 2.27. The monoisotopic (exact) mass is 594 g/mol. The quantitative estimate of drug-likeness (QED) is 0.469. The third-order valence-electron chi connectivity index (χ3n) is 8.46. The van der Waals surface area contributed by atoms with Gasteiger partial charge in [-0.1, -0.05) is 24.3 Å². The lowest BCUT2D eigenvalue weighted by molar-refractivity contribution is -0.131. The fourth-order valence-corrected chi connectivity index (χ4v) is 5.70. The molecule has 2 amide bonds. The van der Waals surface area contributed by atoms with Crippen molar-refractivity contribution in [2.75, 3.05) is 66.7 Å². The predicted molar refractivity (Wildman–Crippen MR) is 168 cm³/mol. The van der Waals surface area contributed by atoms with Crippen LogP contribution in [0.4, 0.5) is 0 Å². The van der Waals surface area contributed by atoms with E-state index >= 15 is 0 Å². The first-order valence-corrected chi connectivity index (χ1v) is 15.8. The third-order valence-corrected chi connectivity index (χ3v) is 8.46. The van der Waals surface area contributed by atoms with Crippen LogP contribution >= 0.6 is 0 Å². The van der Waals surface area contributed by atoms with Crippen molar-refractivity contribution in [2.24, 2.45) is 0 Å². The summed E-state index contributed by atoms with van der Waals surface area (Å²) in [6.45, 7) is 10.2. The maximum atomic E-state index is 13.4. The number of hydrogen-bond acceptors (Lipinski definition) is 7. The van der Waals surface area contributed by atoms with E-state index in [2.05, 4.69) is 53.2 Å². The maximum Gasteiger partial charge on any atom is 0.234 e. The molecule has 0 aliphatic carbocycles. The van der Waals surface area contributed by atoms with E-state index < -0.39 is 0 Å². The predicted octanol–water partition coefficient (Wildman–Crippen LogP) is 4.05. The topological polar surface area (TPSA) is 83.6 Å². The molecule has 9 heteroatoms. The molecule has 2 aliphatic heterocycles. The minimum atomic E-state index is 0.0604. The fourth-order valence-electron chi connectivity index (χ4n) is 5.70. The lowest BCUT2D eigenvalue weighted by atomic mass is 10.0. The van der Waals surface area contributed by atoms with Crippen molar-refractivity contribution in [1.29, 1.82) is 0 Å². The van der Waals surface area contributed by atoms with E-state index in [-0.39, 0.29) is 23.9 Å². The van der Waals surface area contributed by atoms with Crippen LogP contribution in [0.15, 0.2) is 42.5 Å². The van der Waals surface area contributed by atoms with Crippen molar-refractivity contribution in [3.05, 3.63) is 59.2 Å². The van der Waals surface area contributed by atoms with Gasteiger partial charge in [-0.2, -0.15) is 0 Å². The number of carbonyl (C=O) groups excluding carboxylic acids is 2. The number of ether oxygens (including phenoxy) is 3. The molecule has 1 unspecified atom stereocenters. The highest BCUT2D eigenvalue weighted by Gasteiger charge is 2.26. The summed E-state index contributed by atoms with van der Waals surface area (Å²) in [5.41, 5.74) is 3.33. The van der Waals surface area contributed by atoms with Crippen LogP contribution in [0.5, 0.6) is 11.5 Å². The Hall–Kier alpha value is -3.14. The van der Waals surface area contributed by atoms with Crippen LogP contribution in [-0.2, 0) is 27.3 Å². The smallest absolute Gasteiger partial charge is 0.234 e. The molecular formula is C34H50N4O5. The molecule has 2 aliphatic rings. The average Bonchev–Trinajstić information content (AvgIpc) is 3.03. The van der Waals surface area contributed by atoms with Gasteiger partial charge in [0.15, 0.2) is 0 Å². The third kappa shape index (κ3) is 9.95. The molecule has 4 rings (SSSR count). The molecule has 2 heterocycles. The second-order valence-corrected chi connectivity index (χ2v) is 11.9. The summed E-state index contributed by atoms with van der Waals surface area (Å²) < 4.78 is 17.2. The first-order valence-electron chi connectivity index (χ1n) is 15.8. The number of carbonyl (C=O) groups is 2. The zero-order valence-corrected chi connectivity index (χ0v) is 26.5. The molecule has 0 saturated carbocycles. The normalized spacial score (nSPS) is 18.3. The van der Waals surface area contributed by atoms with Gasteiger partial charge in [0.25, 0.3) is 0 Å². The molecular weight excluding hydrogens is 544 g/mol. The van der Waals surface area contributed by atoms with Crippen molar-refractivity contribution < 1.29 is 23.8 Å². The Balaban J connectivity index is 1.43. The van der Waals surface area contributed by atoms with Gasteiger partial charge >= 0.3 is 0 Å². The molecule has 43 heavy (non-hydrogen) atoms. The van der Waals surface area contributed by atoms with Crippen LogP contribution < -0.4 is 14.8 Å². The lowest BCUT2D eigenvalue weighted by Gasteiger charge is -2.37. The number of rotatable bonds is 9. The van der Waals surface area contributed by atoms with Crippen LogP contribution in [0, 0.1) is 0 Å². The van der Waals surface area contributed by atoms with Crippen molar-refractivity contribution in [2.45, 2.75) is 64.6 Å². The van der Waals surface area contributed by atoms with Gasteiger partial charge in [-0.3, -0.25) is 19.4 Å². The molecule has 1 fully saturated rings. The molecule has 1 N–H and O–H groups in total. The van der Waals surface area contributed by atoms with Gasteiger partial charge in [-0.05, 0) is 68.9 Å². The van der Waals surface area contributed by atoms with Crippen LogP contribution in [-0.4, -0.2) is 99.3 Å². The summed E-state index contributed by atoms with van der Waals surface area (Å²) >= 11 is 0. The van der Waals surface area contributed by atoms with Gasteiger partial charge in [-0.25, -0.2) is 0 Å². The molecule has 9 nitrogen and oxygen atoms in total. The standard InChI is InChI=1S/C34H50N4O5/c1-26(2)38-23-29-22-27(8-14-32(29)43-19-7-5-6-16-35-33(39)25-38)9-15-34(40)36(3)24-31(37-17-20-42-21-18-37)28-10-12-30(41-4)13-11-28/h8,10-14,22,26,31H,5-7,9,15-21,23-25H2,1-4H3,(H,35,39). The van der Waals surface area contributed by atoms with E-state index in [4.69, 9.17) is 14.2 Å². The Labute approximate surface area is 257 Å². The van der Waals surface area contributed by atoms with Gasteiger partial charge in [-0.15, -0.1) is 0 Å². The SMILES string of the molecule is COc1ccc(C(CN(C)C(=O)CCc2ccc3c(c2)CN(C(C)C)CC(=O)NCCCCCO3)N2CCOCC2)cc1. The Morgan fingerprint density at radius 2 is 1.77 bits per heavy atom. The number of amides is 2. The number of fused-ring (bicyclic) bond motifs is 1. The summed E-state index contributed by atoms with van der Waals surface area (Å²) in [6, 6.07) is 14.7. The summed E-state index contributed by atoms with van der Waals surface area (Å²) in [4.78, 5) is 32.4. The van der Waals surface area contributed by atoms with Crippen molar-refractivity contribution >= 4 is 11.8 Å². The van der Waals surface area contributed by atoms with Crippen LogP contribution in [0.1, 0.15) is 62.3 Å². The molecule has 0 spiro atoms. The van der Waals surface area contributed by atoms with E-state index in [9.17, 15) is 9.59 Å². The van der Waals surface area contributed by atoms with Crippen molar-refractivity contribution in [3.63, 3.8) is 0 Å². The van der Waals surface area contributed by atoms with Crippen LogP contribution in [0.2, 0.25) is 0 Å². The summed E-state index contributed by atoms with van der Waals surface area (Å²) in [5, 5.41) is 3.06. The average molecular weight is 595 g/mol. The van der Waals surface area contributed by atoms with E-state index in [1.54, 1.807) is 7.11 Å². The largest absolute Gasteiger partial charge is 0.497 e. The van der Waals surface area contributed by atoms with Gasteiger partial charge in [0.2, 0.25) is 11.8 Å². The van der Waals surface area contributed by atoms with E-state index in [1.807, 2.05) is 30.1 Å². The number of hydrogen-bond donors (Lipinski definition) is 1. The molecule has 0 radical (unpaired) electrons. The summed E-state index contributed by atoms with van der Waals surface area (Å²) in [6.07, 6.45) is 3.99. The van der Waals surface area contributed by atoms with Crippen LogP contribution in [0.3, 0.4) is 0 Å². The first-order chi connectivity index (χ1) is 20.8. The lowest BCUT2D eigenvalue weighted by Crippen LogP contribution is -2.44. The molecule has 1 saturated heterocycles. The zero-order chi connectivity index (χ0) is 30.6. The minimum Gasteiger partial charge on any atom is -0.497 e. The molecule has 0 bridgehead atoms. The van der Waals surface area contributed by atoms with Gasteiger partial charge in [0.1, 0.15) is 11.5 Å². The first kappa shape index (κ1) is 32.8. The zero-order valence-electron chi connectivity index (χ0n) is 26.5. The number of morpholine rings is 1. The highest BCUT2D eigenvalue weighted by molar-refractivity contribution is 5.78. The Morgan fingerprint density at radius 1 is 1.00 bits per heavy atom. The number of aryl methyl sites for hydroxylation is 1. The second kappa shape index (κ2) is 16.6. The van der Waals surface area contributed by atoms with Gasteiger partial charge in [0.05, 0.1) is 39.5 Å². The maximum absolute atomic E-state index is 13.4. The van der Waals surface area contributed by atoms with Gasteiger partial charge in [0, 0.05) is 57.8 Å². The van der Waals surface area contributed by atoms with E-state index in [0.29, 0.717) is 58.8 Å². The summed E-state index contributed by atoms with van der Waals surface area (Å²) in [5.74, 6) is 1.87. The second-order valence-electron chi connectivity index (χ2n) is 11.9. The highest BCUT2D eigenvalue weighted by atomic mass is 16.5. The number of benzene rings is 2. The molecule has 2 aromatic carbocycles. The van der Waals surface area contributed by atoms with E-state index in [0.717, 1.165) is 55.0 Å². The minimum absolute atomic E-state index is 0.0604. The summed E-state index contributed by atoms with van der Waals surface area (Å²) in [7, 11) is 3.57. The number of likely N-dealkylation sites (N-methyl/N-ethyl adjacent to an activating group) is 1. The molecule has 0 aromatic heterocycles. The fraction of sp³-hybridized carbons (Fsp3) is 0.588. The van der Waals surface area contributed by atoms with Gasteiger partial charge < -0.3 is 24.4 Å². The number of nitrogens with zero attached hydrogens (tertiary/aromatic N) is 3. The Morgan fingerprint density at radius 3 is 2.49 bits per heavy atom. The van der Waals surface area contributed by atoms with E-state index in [1.165, 1.54) is 5.56 Å². The molecule has 2 aromatic rings. The van der Waals surface area contributed by atoms with Crippen molar-refractivity contribution in [3.8, 4) is 11.5 Å². The Bertz CT molecular complexity index is 1170. The number of nitrogens with one attached hydrogen (secondary N) is 1. The molecule has 1 atom stereocenters.